The zero-order valence-electron chi connectivity index (χ0n) is 22.9. The second kappa shape index (κ2) is 12.0. The molecule has 1 aromatic rings. The molecule has 6 heteroatoms. The van der Waals surface area contributed by atoms with Gasteiger partial charge in [-0.05, 0) is 74.3 Å². The summed E-state index contributed by atoms with van der Waals surface area (Å²) in [6.45, 7) is 4.92. The van der Waals surface area contributed by atoms with Crippen molar-refractivity contribution < 1.29 is 19.4 Å². The fraction of sp³-hybridized carbons (Fsp3) is 0.625. The third-order valence-corrected chi connectivity index (χ3v) is 9.50. The second-order valence-electron chi connectivity index (χ2n) is 11.7. The Kier molecular flexibility index (Phi) is 8.64. The van der Waals surface area contributed by atoms with Crippen LogP contribution in [0.3, 0.4) is 0 Å². The number of phenolic OH excluding ortho intramolecular Hbond substituents is 1. The Morgan fingerprint density at radius 3 is 2.58 bits per heavy atom. The van der Waals surface area contributed by atoms with E-state index in [0.29, 0.717) is 11.6 Å². The van der Waals surface area contributed by atoms with Crippen LogP contribution in [0.15, 0.2) is 34.9 Å². The molecule has 2 aliphatic heterocycles. The van der Waals surface area contributed by atoms with Crippen molar-refractivity contribution in [2.75, 3.05) is 6.61 Å². The number of rotatable bonds is 9. The van der Waals surface area contributed by atoms with E-state index < -0.39 is 0 Å². The van der Waals surface area contributed by atoms with Crippen LogP contribution >= 0.6 is 11.6 Å². The van der Waals surface area contributed by atoms with Crippen LogP contribution in [0, 0.1) is 17.8 Å². The standard InChI is InChI=1S/C32H42ClNO4/c1-3-8-20(16-21-13-14-24(35)18-27(21)33)12-15-28-29-22(9-4-2)17-25-30(26(29)19-38-28)32(37)34(31(25)36)23-10-6-5-7-11-23/h13-14,16,18,23,25-26,28,30,35H,3-12,15,17,19H2,1-2H3/b20-16+/t25-,26+,28-,30-/m1/s1. The molecule has 5 nitrogen and oxygen atoms in total. The molecule has 0 spiro atoms. The SMILES string of the molecule is CCCC1=C2[C@@H](CC/C(=C/c3ccc(O)cc3Cl)CCC)OC[C@@H]2[C@@H]2C(=O)N(C3CCCCC3)C(=O)[C@@H]2C1. The molecule has 1 N–H and O–H groups in total. The quantitative estimate of drug-likeness (QED) is 0.261. The molecule has 0 radical (unpaired) electrons. The number of benzene rings is 1. The molecule has 0 unspecified atom stereocenters. The molecular formula is C32H42ClNO4. The largest absolute Gasteiger partial charge is 0.508 e. The third kappa shape index (κ3) is 5.34. The number of ether oxygens (including phenoxy) is 1. The Balaban J connectivity index is 1.36. The van der Waals surface area contributed by atoms with Crippen LogP contribution in [-0.2, 0) is 14.3 Å². The maximum Gasteiger partial charge on any atom is 0.234 e. The van der Waals surface area contributed by atoms with E-state index in [1.54, 1.807) is 17.0 Å². The van der Waals surface area contributed by atoms with Crippen LogP contribution in [-0.4, -0.2) is 40.6 Å². The summed E-state index contributed by atoms with van der Waals surface area (Å²) in [7, 11) is 0. The van der Waals surface area contributed by atoms with Crippen molar-refractivity contribution in [3.63, 3.8) is 0 Å². The number of fused-ring (bicyclic) bond motifs is 3. The van der Waals surface area contributed by atoms with E-state index >= 15 is 0 Å². The number of phenols is 1. The molecule has 1 aromatic carbocycles. The topological polar surface area (TPSA) is 66.8 Å². The van der Waals surface area contributed by atoms with Crippen molar-refractivity contribution >= 4 is 29.5 Å². The lowest BCUT2D eigenvalue weighted by Crippen LogP contribution is -2.42. The predicted octanol–water partition coefficient (Wildman–Crippen LogP) is 7.46. The smallest absolute Gasteiger partial charge is 0.234 e. The number of halogens is 1. The van der Waals surface area contributed by atoms with Gasteiger partial charge < -0.3 is 9.84 Å². The van der Waals surface area contributed by atoms with Gasteiger partial charge in [-0.1, -0.05) is 74.8 Å². The van der Waals surface area contributed by atoms with Gasteiger partial charge in [0.1, 0.15) is 5.75 Å². The van der Waals surface area contributed by atoms with Crippen LogP contribution < -0.4 is 0 Å². The summed E-state index contributed by atoms with van der Waals surface area (Å²) in [6.07, 6.45) is 14.0. The summed E-state index contributed by atoms with van der Waals surface area (Å²) < 4.78 is 6.44. The third-order valence-electron chi connectivity index (χ3n) is 9.18. The lowest BCUT2D eigenvalue weighted by molar-refractivity contribution is -0.143. The first-order chi connectivity index (χ1) is 18.4. The molecule has 4 aliphatic rings. The predicted molar refractivity (Wildman–Crippen MR) is 151 cm³/mol. The Hall–Kier alpha value is -2.11. The van der Waals surface area contributed by atoms with E-state index in [-0.39, 0.29) is 47.5 Å². The number of hydrogen-bond acceptors (Lipinski definition) is 4. The average Bonchev–Trinajstić information content (AvgIpc) is 3.43. The van der Waals surface area contributed by atoms with Gasteiger partial charge in [-0.2, -0.15) is 0 Å². The molecule has 206 valence electrons. The van der Waals surface area contributed by atoms with Crippen molar-refractivity contribution in [3.05, 3.63) is 45.5 Å². The number of imide groups is 1. The highest BCUT2D eigenvalue weighted by Crippen LogP contribution is 2.51. The fourth-order valence-corrected chi connectivity index (χ4v) is 7.72. The molecule has 38 heavy (non-hydrogen) atoms. The number of likely N-dealkylation sites (tertiary alicyclic amines) is 1. The van der Waals surface area contributed by atoms with Crippen molar-refractivity contribution in [1.29, 1.82) is 0 Å². The Morgan fingerprint density at radius 2 is 1.87 bits per heavy atom. The molecule has 2 aliphatic carbocycles. The van der Waals surface area contributed by atoms with Gasteiger partial charge in [-0.25, -0.2) is 0 Å². The summed E-state index contributed by atoms with van der Waals surface area (Å²) in [6, 6.07) is 5.21. The highest BCUT2D eigenvalue weighted by molar-refractivity contribution is 6.32. The van der Waals surface area contributed by atoms with Gasteiger partial charge in [0.15, 0.2) is 0 Å². The molecule has 5 rings (SSSR count). The van der Waals surface area contributed by atoms with E-state index in [1.807, 2.05) is 6.07 Å². The number of nitrogens with zero attached hydrogens (tertiary/aromatic N) is 1. The highest BCUT2D eigenvalue weighted by atomic mass is 35.5. The first-order valence-corrected chi connectivity index (χ1v) is 15.2. The van der Waals surface area contributed by atoms with Crippen molar-refractivity contribution in [3.8, 4) is 5.75 Å². The zero-order valence-corrected chi connectivity index (χ0v) is 23.6. The van der Waals surface area contributed by atoms with Crippen LogP contribution in [0.25, 0.3) is 6.08 Å². The molecule has 2 heterocycles. The summed E-state index contributed by atoms with van der Waals surface area (Å²) in [5.74, 6) is -0.0801. The molecule has 0 bridgehead atoms. The number of aromatic hydroxyl groups is 1. The van der Waals surface area contributed by atoms with Crippen molar-refractivity contribution in [1.82, 2.24) is 4.90 Å². The number of hydrogen-bond donors (Lipinski definition) is 1. The summed E-state index contributed by atoms with van der Waals surface area (Å²) in [5.41, 5.74) is 4.94. The van der Waals surface area contributed by atoms with Gasteiger partial charge in [0.2, 0.25) is 11.8 Å². The Morgan fingerprint density at radius 1 is 1.08 bits per heavy atom. The minimum absolute atomic E-state index is 0.00433. The van der Waals surface area contributed by atoms with Crippen LogP contribution in [0.5, 0.6) is 5.75 Å². The second-order valence-corrected chi connectivity index (χ2v) is 12.1. The Bertz CT molecular complexity index is 1120. The van der Waals surface area contributed by atoms with Gasteiger partial charge in [0.05, 0.1) is 29.6 Å². The van der Waals surface area contributed by atoms with E-state index in [9.17, 15) is 14.7 Å². The van der Waals surface area contributed by atoms with Gasteiger partial charge in [-0.3, -0.25) is 14.5 Å². The van der Waals surface area contributed by atoms with Crippen molar-refractivity contribution in [2.45, 2.75) is 103 Å². The first kappa shape index (κ1) is 27.5. The van der Waals surface area contributed by atoms with Crippen LogP contribution in [0.4, 0.5) is 0 Å². The van der Waals surface area contributed by atoms with E-state index in [1.165, 1.54) is 23.1 Å². The van der Waals surface area contributed by atoms with Gasteiger partial charge in [0, 0.05) is 12.0 Å². The lowest BCUT2D eigenvalue weighted by Gasteiger charge is -2.32. The summed E-state index contributed by atoms with van der Waals surface area (Å²) >= 11 is 6.39. The number of amides is 2. The molecule has 3 fully saturated rings. The zero-order chi connectivity index (χ0) is 26.8. The fourth-order valence-electron chi connectivity index (χ4n) is 7.49. The highest BCUT2D eigenvalue weighted by Gasteiger charge is 2.57. The van der Waals surface area contributed by atoms with E-state index in [0.717, 1.165) is 76.2 Å². The minimum atomic E-state index is -0.244. The number of allylic oxidation sites excluding steroid dienone is 2. The van der Waals surface area contributed by atoms with Gasteiger partial charge in [-0.15, -0.1) is 0 Å². The van der Waals surface area contributed by atoms with Gasteiger partial charge in [0.25, 0.3) is 0 Å². The molecule has 0 aromatic heterocycles. The van der Waals surface area contributed by atoms with E-state index in [4.69, 9.17) is 16.3 Å². The molecule has 1 saturated carbocycles. The normalized spacial score (nSPS) is 28.3. The minimum Gasteiger partial charge on any atom is -0.508 e. The number of carbonyl (C=O) groups excluding carboxylic acids is 2. The summed E-state index contributed by atoms with van der Waals surface area (Å²) in [5, 5.41) is 10.3. The lowest BCUT2D eigenvalue weighted by atomic mass is 9.68. The molecule has 4 atom stereocenters. The van der Waals surface area contributed by atoms with Crippen LogP contribution in [0.1, 0.15) is 96.5 Å². The molecular weight excluding hydrogens is 498 g/mol. The maximum absolute atomic E-state index is 13.8. The maximum atomic E-state index is 13.8. The summed E-state index contributed by atoms with van der Waals surface area (Å²) in [4.78, 5) is 29.0. The van der Waals surface area contributed by atoms with Gasteiger partial charge >= 0.3 is 0 Å². The van der Waals surface area contributed by atoms with Crippen LogP contribution in [0.2, 0.25) is 5.02 Å². The Labute approximate surface area is 232 Å². The number of carbonyl (C=O) groups is 2. The average molecular weight is 540 g/mol. The van der Waals surface area contributed by atoms with Crippen molar-refractivity contribution in [2.24, 2.45) is 17.8 Å². The molecule has 2 amide bonds. The first-order valence-electron chi connectivity index (χ1n) is 14.8. The van der Waals surface area contributed by atoms with E-state index in [2.05, 4.69) is 19.9 Å². The monoisotopic (exact) mass is 539 g/mol. The molecule has 2 saturated heterocycles.